The number of piperidine rings is 1. The molecule has 4 heteroatoms. The van der Waals surface area contributed by atoms with Crippen LogP contribution in [0.3, 0.4) is 0 Å². The van der Waals surface area contributed by atoms with Crippen molar-refractivity contribution >= 4 is 5.91 Å². The van der Waals surface area contributed by atoms with Crippen molar-refractivity contribution in [2.75, 3.05) is 26.2 Å². The van der Waals surface area contributed by atoms with Crippen molar-refractivity contribution in [1.82, 2.24) is 10.2 Å². The van der Waals surface area contributed by atoms with E-state index in [4.69, 9.17) is 5.73 Å². The largest absolute Gasteiger partial charge is 0.338 e. The third kappa shape index (κ3) is 3.45. The molecule has 104 valence electrons. The molecule has 0 aliphatic carbocycles. The van der Waals surface area contributed by atoms with Gasteiger partial charge in [-0.3, -0.25) is 4.79 Å². The van der Waals surface area contributed by atoms with Gasteiger partial charge in [-0.1, -0.05) is 6.92 Å². The van der Waals surface area contributed by atoms with Crippen LogP contribution in [0.2, 0.25) is 0 Å². The van der Waals surface area contributed by atoms with Crippen molar-refractivity contribution in [2.24, 2.45) is 17.6 Å². The lowest BCUT2D eigenvalue weighted by Crippen LogP contribution is -2.49. The van der Waals surface area contributed by atoms with Gasteiger partial charge in [0.25, 0.3) is 0 Å². The minimum Gasteiger partial charge on any atom is -0.338 e. The molecule has 2 fully saturated rings. The van der Waals surface area contributed by atoms with Crippen LogP contribution in [0.25, 0.3) is 0 Å². The van der Waals surface area contributed by atoms with E-state index in [0.29, 0.717) is 30.7 Å². The standard InChI is InChI=1S/C14H27N3O/c1-11-5-7-17(13(8-11)9-15)14(18)3-2-12-4-6-16-10-12/h11-13,16H,2-10,15H2,1H3. The maximum absolute atomic E-state index is 12.3. The van der Waals surface area contributed by atoms with Crippen LogP contribution in [0, 0.1) is 11.8 Å². The van der Waals surface area contributed by atoms with Gasteiger partial charge in [-0.15, -0.1) is 0 Å². The Morgan fingerprint density at radius 1 is 1.44 bits per heavy atom. The van der Waals surface area contributed by atoms with Gasteiger partial charge in [0.15, 0.2) is 0 Å². The van der Waals surface area contributed by atoms with E-state index in [1.54, 1.807) is 0 Å². The molecular weight excluding hydrogens is 226 g/mol. The average Bonchev–Trinajstić information content (AvgIpc) is 2.88. The van der Waals surface area contributed by atoms with Gasteiger partial charge in [0.1, 0.15) is 0 Å². The Hall–Kier alpha value is -0.610. The van der Waals surface area contributed by atoms with E-state index in [1.165, 1.54) is 6.42 Å². The fraction of sp³-hybridized carbons (Fsp3) is 0.929. The molecule has 0 bridgehead atoms. The molecule has 3 N–H and O–H groups in total. The molecule has 4 nitrogen and oxygen atoms in total. The Morgan fingerprint density at radius 2 is 2.28 bits per heavy atom. The molecule has 0 aromatic carbocycles. The summed E-state index contributed by atoms with van der Waals surface area (Å²) in [7, 11) is 0. The fourth-order valence-corrected chi connectivity index (χ4v) is 3.24. The van der Waals surface area contributed by atoms with Crippen LogP contribution in [-0.4, -0.2) is 43.0 Å². The van der Waals surface area contributed by atoms with Gasteiger partial charge in [0.05, 0.1) is 0 Å². The highest BCUT2D eigenvalue weighted by atomic mass is 16.2. The molecule has 2 heterocycles. The van der Waals surface area contributed by atoms with Gasteiger partial charge >= 0.3 is 0 Å². The smallest absolute Gasteiger partial charge is 0.222 e. The predicted octanol–water partition coefficient (Wildman–Crippen LogP) is 0.962. The second kappa shape index (κ2) is 6.53. The Morgan fingerprint density at radius 3 is 2.94 bits per heavy atom. The van der Waals surface area contributed by atoms with Crippen molar-refractivity contribution in [3.63, 3.8) is 0 Å². The summed E-state index contributed by atoms with van der Waals surface area (Å²) in [5.74, 6) is 1.74. The zero-order chi connectivity index (χ0) is 13.0. The number of hydrogen-bond donors (Lipinski definition) is 2. The zero-order valence-electron chi connectivity index (χ0n) is 11.5. The van der Waals surface area contributed by atoms with Crippen molar-refractivity contribution < 1.29 is 4.79 Å². The number of carbonyl (C=O) groups is 1. The molecule has 3 atom stereocenters. The Labute approximate surface area is 110 Å². The number of amides is 1. The first-order chi connectivity index (χ1) is 8.70. The molecule has 2 aliphatic heterocycles. The van der Waals surface area contributed by atoms with Crippen molar-refractivity contribution in [3.8, 4) is 0 Å². The summed E-state index contributed by atoms with van der Waals surface area (Å²) in [6, 6.07) is 0.281. The normalized spacial score (nSPS) is 32.8. The van der Waals surface area contributed by atoms with Crippen molar-refractivity contribution in [2.45, 2.75) is 45.1 Å². The molecule has 0 spiro atoms. The van der Waals surface area contributed by atoms with E-state index in [9.17, 15) is 4.79 Å². The highest BCUT2D eigenvalue weighted by Crippen LogP contribution is 2.23. The lowest BCUT2D eigenvalue weighted by atomic mass is 9.91. The van der Waals surface area contributed by atoms with Crippen molar-refractivity contribution in [3.05, 3.63) is 0 Å². The SMILES string of the molecule is CC1CCN(C(=O)CCC2CCNC2)C(CN)C1. The molecule has 0 saturated carbocycles. The molecule has 2 aliphatic rings. The lowest BCUT2D eigenvalue weighted by molar-refractivity contribution is -0.135. The second-order valence-corrected chi connectivity index (χ2v) is 6.00. The van der Waals surface area contributed by atoms with Gasteiger partial charge in [-0.2, -0.15) is 0 Å². The quantitative estimate of drug-likeness (QED) is 0.784. The molecule has 18 heavy (non-hydrogen) atoms. The van der Waals surface area contributed by atoms with E-state index in [-0.39, 0.29) is 6.04 Å². The topological polar surface area (TPSA) is 58.4 Å². The van der Waals surface area contributed by atoms with Crippen LogP contribution < -0.4 is 11.1 Å². The summed E-state index contributed by atoms with van der Waals surface area (Å²) in [4.78, 5) is 14.3. The summed E-state index contributed by atoms with van der Waals surface area (Å²) >= 11 is 0. The zero-order valence-corrected chi connectivity index (χ0v) is 11.5. The number of nitrogens with two attached hydrogens (primary N) is 1. The van der Waals surface area contributed by atoms with Crippen LogP contribution in [0.1, 0.15) is 39.0 Å². The maximum atomic E-state index is 12.3. The van der Waals surface area contributed by atoms with Crippen LogP contribution in [0.4, 0.5) is 0 Å². The van der Waals surface area contributed by atoms with Gasteiger partial charge in [0, 0.05) is 25.6 Å². The molecule has 0 aromatic rings. The van der Waals surface area contributed by atoms with Gasteiger partial charge in [-0.25, -0.2) is 0 Å². The summed E-state index contributed by atoms with van der Waals surface area (Å²) in [5, 5.41) is 3.36. The first-order valence-corrected chi connectivity index (χ1v) is 7.41. The first-order valence-electron chi connectivity index (χ1n) is 7.41. The monoisotopic (exact) mass is 253 g/mol. The summed E-state index contributed by atoms with van der Waals surface area (Å²) in [6.07, 6.45) is 5.18. The van der Waals surface area contributed by atoms with Crippen LogP contribution in [0.15, 0.2) is 0 Å². The van der Waals surface area contributed by atoms with Gasteiger partial charge in [0.2, 0.25) is 5.91 Å². The lowest BCUT2D eigenvalue weighted by Gasteiger charge is -2.38. The molecule has 2 rings (SSSR count). The number of likely N-dealkylation sites (tertiary alicyclic amines) is 1. The van der Waals surface area contributed by atoms with Crippen molar-refractivity contribution in [1.29, 1.82) is 0 Å². The number of nitrogens with one attached hydrogen (secondary N) is 1. The van der Waals surface area contributed by atoms with Crippen LogP contribution in [-0.2, 0) is 4.79 Å². The summed E-state index contributed by atoms with van der Waals surface area (Å²) in [6.45, 7) is 5.98. The second-order valence-electron chi connectivity index (χ2n) is 6.00. The number of rotatable bonds is 4. The van der Waals surface area contributed by atoms with E-state index in [1.807, 2.05) is 4.90 Å². The van der Waals surface area contributed by atoms with Gasteiger partial charge < -0.3 is 16.0 Å². The Bertz CT molecular complexity index is 276. The number of hydrogen-bond acceptors (Lipinski definition) is 3. The van der Waals surface area contributed by atoms with E-state index in [0.717, 1.165) is 38.9 Å². The summed E-state index contributed by atoms with van der Waals surface area (Å²) < 4.78 is 0. The van der Waals surface area contributed by atoms with E-state index >= 15 is 0 Å². The molecule has 3 unspecified atom stereocenters. The third-order valence-corrected chi connectivity index (χ3v) is 4.50. The number of carbonyl (C=O) groups excluding carboxylic acids is 1. The van der Waals surface area contributed by atoms with E-state index in [2.05, 4.69) is 12.2 Å². The molecule has 2 saturated heterocycles. The minimum atomic E-state index is 0.281. The molecule has 1 amide bonds. The predicted molar refractivity (Wildman–Crippen MR) is 73.2 cm³/mol. The maximum Gasteiger partial charge on any atom is 0.222 e. The number of nitrogens with zero attached hydrogens (tertiary/aromatic N) is 1. The average molecular weight is 253 g/mol. The molecular formula is C14H27N3O. The fourth-order valence-electron chi connectivity index (χ4n) is 3.24. The molecule has 0 aromatic heterocycles. The highest BCUT2D eigenvalue weighted by Gasteiger charge is 2.29. The summed E-state index contributed by atoms with van der Waals surface area (Å²) in [5.41, 5.74) is 5.81. The molecule has 0 radical (unpaired) electrons. The highest BCUT2D eigenvalue weighted by molar-refractivity contribution is 5.76. The Balaban J connectivity index is 1.79. The Kier molecular flexibility index (Phi) is 5.01. The first kappa shape index (κ1) is 13.8. The minimum absolute atomic E-state index is 0.281. The van der Waals surface area contributed by atoms with Gasteiger partial charge in [-0.05, 0) is 50.6 Å². The third-order valence-electron chi connectivity index (χ3n) is 4.50. The van der Waals surface area contributed by atoms with Crippen LogP contribution >= 0.6 is 0 Å². The van der Waals surface area contributed by atoms with Crippen LogP contribution in [0.5, 0.6) is 0 Å². The van der Waals surface area contributed by atoms with E-state index < -0.39 is 0 Å².